The van der Waals surface area contributed by atoms with Gasteiger partial charge in [0.15, 0.2) is 9.84 Å². The normalized spacial score (nSPS) is 22.6. The number of carbonyl (C=O) groups excluding carboxylic acids is 2. The van der Waals surface area contributed by atoms with E-state index in [0.29, 0.717) is 43.9 Å². The van der Waals surface area contributed by atoms with Gasteiger partial charge in [0.25, 0.3) is 11.8 Å². The number of sulfone groups is 1. The van der Waals surface area contributed by atoms with Gasteiger partial charge in [-0.25, -0.2) is 8.42 Å². The molecule has 1 aromatic rings. The molecule has 0 bridgehead atoms. The van der Waals surface area contributed by atoms with Gasteiger partial charge in [-0.3, -0.25) is 9.59 Å². The Hall–Kier alpha value is -1.93. The Kier molecular flexibility index (Phi) is 5.10. The molecule has 25 heavy (non-hydrogen) atoms. The minimum Gasteiger partial charge on any atom is -0.378 e. The largest absolute Gasteiger partial charge is 0.378 e. The standard InChI is InChI=1S/C17H22N2O5S/c1-18(15-5-10-25(22,23)12-15)16(20)13-3-2-4-14(11-13)17(21)19-6-8-24-9-7-19/h2-4,11,15H,5-10,12H2,1H3. The molecule has 0 radical (unpaired) electrons. The SMILES string of the molecule is CN(C(=O)c1cccc(C(=O)N2CCOCC2)c1)C1CCS(=O)(=O)C1. The fourth-order valence-corrected chi connectivity index (χ4v) is 4.96. The molecule has 3 rings (SSSR count). The molecule has 2 saturated heterocycles. The van der Waals surface area contributed by atoms with Gasteiger partial charge in [0.05, 0.1) is 24.7 Å². The lowest BCUT2D eigenvalue weighted by Crippen LogP contribution is -2.41. The molecule has 7 nitrogen and oxygen atoms in total. The second kappa shape index (κ2) is 7.13. The molecule has 2 fully saturated rings. The molecule has 1 atom stereocenters. The van der Waals surface area contributed by atoms with Crippen molar-refractivity contribution in [2.75, 3.05) is 44.9 Å². The smallest absolute Gasteiger partial charge is 0.254 e. The van der Waals surface area contributed by atoms with Gasteiger partial charge in [0.1, 0.15) is 0 Å². The van der Waals surface area contributed by atoms with Crippen molar-refractivity contribution >= 4 is 21.7 Å². The third-order valence-electron chi connectivity index (χ3n) is 4.73. The van der Waals surface area contributed by atoms with Gasteiger partial charge < -0.3 is 14.5 Å². The topological polar surface area (TPSA) is 84.0 Å². The van der Waals surface area contributed by atoms with E-state index in [-0.39, 0.29) is 29.4 Å². The Bertz CT molecular complexity index is 771. The van der Waals surface area contributed by atoms with Crippen LogP contribution in [0, 0.1) is 0 Å². The Morgan fingerprint density at radius 1 is 1.20 bits per heavy atom. The molecular weight excluding hydrogens is 344 g/mol. The van der Waals surface area contributed by atoms with E-state index in [0.717, 1.165) is 0 Å². The average Bonchev–Trinajstić information content (AvgIpc) is 3.00. The molecule has 2 amide bonds. The molecule has 0 aliphatic carbocycles. The highest BCUT2D eigenvalue weighted by molar-refractivity contribution is 7.91. The van der Waals surface area contributed by atoms with Crippen molar-refractivity contribution in [2.45, 2.75) is 12.5 Å². The molecule has 2 heterocycles. The fraction of sp³-hybridized carbons (Fsp3) is 0.529. The highest BCUT2D eigenvalue weighted by Gasteiger charge is 2.33. The summed E-state index contributed by atoms with van der Waals surface area (Å²) in [6.07, 6.45) is 0.455. The molecule has 1 aromatic carbocycles. The number of morpholine rings is 1. The van der Waals surface area contributed by atoms with Crippen molar-refractivity contribution in [3.63, 3.8) is 0 Å². The second-order valence-corrected chi connectivity index (χ2v) is 8.69. The van der Waals surface area contributed by atoms with E-state index in [1.165, 1.54) is 4.90 Å². The summed E-state index contributed by atoms with van der Waals surface area (Å²) >= 11 is 0. The Labute approximate surface area is 147 Å². The summed E-state index contributed by atoms with van der Waals surface area (Å²) in [4.78, 5) is 28.4. The van der Waals surface area contributed by atoms with Gasteiger partial charge in [-0.15, -0.1) is 0 Å². The molecule has 0 saturated carbocycles. The molecule has 0 spiro atoms. The third kappa shape index (κ3) is 4.01. The summed E-state index contributed by atoms with van der Waals surface area (Å²) in [6, 6.07) is 6.30. The number of benzene rings is 1. The van der Waals surface area contributed by atoms with Crippen molar-refractivity contribution in [1.82, 2.24) is 9.80 Å². The van der Waals surface area contributed by atoms with Crippen LogP contribution < -0.4 is 0 Å². The van der Waals surface area contributed by atoms with E-state index in [1.54, 1.807) is 36.2 Å². The zero-order chi connectivity index (χ0) is 18.0. The minimum atomic E-state index is -3.06. The van der Waals surface area contributed by atoms with Crippen LogP contribution in [0.3, 0.4) is 0 Å². The van der Waals surface area contributed by atoms with Crippen LogP contribution in [0.4, 0.5) is 0 Å². The van der Waals surface area contributed by atoms with Crippen molar-refractivity contribution in [2.24, 2.45) is 0 Å². The van der Waals surface area contributed by atoms with Crippen molar-refractivity contribution in [3.8, 4) is 0 Å². The number of hydrogen-bond donors (Lipinski definition) is 0. The van der Waals surface area contributed by atoms with Gasteiger partial charge >= 0.3 is 0 Å². The summed E-state index contributed by atoms with van der Waals surface area (Å²) in [6.45, 7) is 2.11. The monoisotopic (exact) mass is 366 g/mol. The molecular formula is C17H22N2O5S. The summed E-state index contributed by atoms with van der Waals surface area (Å²) < 4.78 is 28.5. The first-order valence-corrected chi connectivity index (χ1v) is 10.1. The van der Waals surface area contributed by atoms with Crippen molar-refractivity contribution in [3.05, 3.63) is 35.4 Å². The predicted octanol–water partition coefficient (Wildman–Crippen LogP) is 0.418. The lowest BCUT2D eigenvalue weighted by molar-refractivity contribution is 0.0303. The summed E-state index contributed by atoms with van der Waals surface area (Å²) in [5.41, 5.74) is 0.853. The zero-order valence-corrected chi connectivity index (χ0v) is 15.0. The van der Waals surface area contributed by atoms with E-state index < -0.39 is 9.84 Å². The minimum absolute atomic E-state index is 0.00163. The first-order chi connectivity index (χ1) is 11.9. The lowest BCUT2D eigenvalue weighted by Gasteiger charge is -2.27. The first-order valence-electron chi connectivity index (χ1n) is 8.32. The summed E-state index contributed by atoms with van der Waals surface area (Å²) in [5.74, 6) is -0.269. The maximum Gasteiger partial charge on any atom is 0.254 e. The van der Waals surface area contributed by atoms with Crippen LogP contribution in [-0.2, 0) is 14.6 Å². The maximum atomic E-state index is 12.7. The maximum absolute atomic E-state index is 12.7. The predicted molar refractivity (Wildman–Crippen MR) is 92.3 cm³/mol. The fourth-order valence-electron chi connectivity index (χ4n) is 3.18. The highest BCUT2D eigenvalue weighted by Crippen LogP contribution is 2.19. The van der Waals surface area contributed by atoms with Crippen LogP contribution >= 0.6 is 0 Å². The van der Waals surface area contributed by atoms with Crippen molar-refractivity contribution in [1.29, 1.82) is 0 Å². The van der Waals surface area contributed by atoms with Gasteiger partial charge in [-0.05, 0) is 24.6 Å². The molecule has 8 heteroatoms. The number of nitrogens with zero attached hydrogens (tertiary/aromatic N) is 2. The highest BCUT2D eigenvalue weighted by atomic mass is 32.2. The van der Waals surface area contributed by atoms with E-state index in [4.69, 9.17) is 4.74 Å². The molecule has 2 aliphatic rings. The van der Waals surface area contributed by atoms with Gasteiger partial charge in [0.2, 0.25) is 0 Å². The van der Waals surface area contributed by atoms with E-state index >= 15 is 0 Å². The van der Waals surface area contributed by atoms with Crippen LogP contribution in [0.5, 0.6) is 0 Å². The summed E-state index contributed by atoms with van der Waals surface area (Å²) in [7, 11) is -1.44. The number of ether oxygens (including phenoxy) is 1. The molecule has 2 aliphatic heterocycles. The van der Waals surface area contributed by atoms with Gasteiger partial charge in [0, 0.05) is 37.3 Å². The average molecular weight is 366 g/mol. The van der Waals surface area contributed by atoms with Crippen LogP contribution in [0.1, 0.15) is 27.1 Å². The lowest BCUT2D eigenvalue weighted by atomic mass is 10.1. The van der Waals surface area contributed by atoms with Crippen LogP contribution in [0.25, 0.3) is 0 Å². The number of hydrogen-bond acceptors (Lipinski definition) is 5. The molecule has 1 unspecified atom stereocenters. The first kappa shape index (κ1) is 17.9. The van der Waals surface area contributed by atoms with Crippen molar-refractivity contribution < 1.29 is 22.7 Å². The van der Waals surface area contributed by atoms with E-state index in [2.05, 4.69) is 0 Å². The Morgan fingerprint density at radius 3 is 2.52 bits per heavy atom. The second-order valence-electron chi connectivity index (χ2n) is 6.46. The van der Waals surface area contributed by atoms with Crippen LogP contribution in [-0.4, -0.2) is 80.9 Å². The van der Waals surface area contributed by atoms with Crippen LogP contribution in [0.2, 0.25) is 0 Å². The quantitative estimate of drug-likeness (QED) is 0.774. The number of rotatable bonds is 3. The Morgan fingerprint density at radius 2 is 1.88 bits per heavy atom. The summed E-state index contributed by atoms with van der Waals surface area (Å²) in [5, 5.41) is 0. The molecule has 0 N–H and O–H groups in total. The van der Waals surface area contributed by atoms with Gasteiger partial charge in [-0.1, -0.05) is 6.07 Å². The van der Waals surface area contributed by atoms with Gasteiger partial charge in [-0.2, -0.15) is 0 Å². The van der Waals surface area contributed by atoms with E-state index in [1.807, 2.05) is 0 Å². The molecule has 136 valence electrons. The number of amides is 2. The van der Waals surface area contributed by atoms with Crippen LogP contribution in [0.15, 0.2) is 24.3 Å². The van der Waals surface area contributed by atoms with E-state index in [9.17, 15) is 18.0 Å². The molecule has 0 aromatic heterocycles. The third-order valence-corrected chi connectivity index (χ3v) is 6.48. The Balaban J connectivity index is 1.74. The number of carbonyl (C=O) groups is 2. The zero-order valence-electron chi connectivity index (χ0n) is 14.2.